The normalized spacial score (nSPS) is 17.2. The third kappa shape index (κ3) is 4.72. The van der Waals surface area contributed by atoms with Crippen LogP contribution in [0.15, 0.2) is 0 Å². The first-order valence-electron chi connectivity index (χ1n) is 4.54. The Bertz CT molecular complexity index is 240. The van der Waals surface area contributed by atoms with Crippen LogP contribution in [0.25, 0.3) is 0 Å². The van der Waals surface area contributed by atoms with Gasteiger partial charge in [0, 0.05) is 24.9 Å². The molecular formula is C8H16ClN3O2S. The molecule has 0 saturated carbocycles. The summed E-state index contributed by atoms with van der Waals surface area (Å²) in [6.45, 7) is 3.05. The molecule has 5 nitrogen and oxygen atoms in total. The van der Waals surface area contributed by atoms with Crippen LogP contribution in [-0.4, -0.2) is 47.5 Å². The van der Waals surface area contributed by atoms with Crippen molar-refractivity contribution >= 4 is 35.3 Å². The summed E-state index contributed by atoms with van der Waals surface area (Å²) in [5.74, 6) is 0.636. The van der Waals surface area contributed by atoms with E-state index in [1.807, 2.05) is 6.92 Å². The van der Waals surface area contributed by atoms with E-state index >= 15 is 0 Å². The van der Waals surface area contributed by atoms with E-state index < -0.39 is 0 Å². The number of halogens is 1. The lowest BCUT2D eigenvalue weighted by molar-refractivity contribution is -0.122. The van der Waals surface area contributed by atoms with Crippen LogP contribution < -0.4 is 11.1 Å². The van der Waals surface area contributed by atoms with Gasteiger partial charge in [-0.15, -0.1) is 12.4 Å². The Balaban J connectivity index is 0.00000196. The molecule has 0 spiro atoms. The number of rotatable bonds is 4. The number of nitrogens with two attached hydrogens (primary N) is 1. The van der Waals surface area contributed by atoms with E-state index in [0.29, 0.717) is 13.1 Å². The monoisotopic (exact) mass is 253 g/mol. The standard InChI is InChI=1S/C8H15N3O2S.ClH/c1-6(4-9)10-7(12)5-11-2-3-14-8(11)13;/h6H,2-5,9H2,1H3,(H,10,12);1H/t6-;/m0./s1. The molecule has 7 heteroatoms. The zero-order valence-electron chi connectivity index (χ0n) is 8.56. The molecule has 0 aliphatic carbocycles. The summed E-state index contributed by atoms with van der Waals surface area (Å²) in [6, 6.07) is -0.0344. The Morgan fingerprint density at radius 3 is 2.87 bits per heavy atom. The van der Waals surface area contributed by atoms with E-state index in [9.17, 15) is 9.59 Å². The van der Waals surface area contributed by atoms with Crippen LogP contribution in [0.3, 0.4) is 0 Å². The highest BCUT2D eigenvalue weighted by Crippen LogP contribution is 2.16. The van der Waals surface area contributed by atoms with Crippen molar-refractivity contribution in [3.63, 3.8) is 0 Å². The molecule has 1 aliphatic heterocycles. The topological polar surface area (TPSA) is 75.4 Å². The molecule has 0 aromatic rings. The minimum atomic E-state index is -0.140. The Morgan fingerprint density at radius 2 is 2.40 bits per heavy atom. The molecule has 1 heterocycles. The van der Waals surface area contributed by atoms with Crippen molar-refractivity contribution in [3.05, 3.63) is 0 Å². The average Bonchev–Trinajstić information content (AvgIpc) is 2.51. The maximum absolute atomic E-state index is 11.3. The van der Waals surface area contributed by atoms with Crippen LogP contribution >= 0.6 is 24.2 Å². The molecule has 3 N–H and O–H groups in total. The van der Waals surface area contributed by atoms with Crippen LogP contribution in [0.5, 0.6) is 0 Å². The van der Waals surface area contributed by atoms with E-state index in [0.717, 1.165) is 5.75 Å². The molecule has 1 saturated heterocycles. The molecule has 15 heavy (non-hydrogen) atoms. The zero-order chi connectivity index (χ0) is 10.6. The smallest absolute Gasteiger partial charge is 0.282 e. The molecule has 1 rings (SSSR count). The second kappa shape index (κ2) is 6.92. The van der Waals surface area contributed by atoms with Crippen molar-refractivity contribution < 1.29 is 9.59 Å². The number of hydrogen-bond donors (Lipinski definition) is 2. The Hall–Kier alpha value is -0.460. The van der Waals surface area contributed by atoms with Crippen LogP contribution in [0.2, 0.25) is 0 Å². The minimum absolute atomic E-state index is 0. The van der Waals surface area contributed by atoms with E-state index in [2.05, 4.69) is 5.32 Å². The SMILES string of the molecule is C[C@@H](CN)NC(=O)CN1CCSC1=O.Cl. The Labute approximate surface area is 99.5 Å². The number of hydrogen-bond acceptors (Lipinski definition) is 4. The Morgan fingerprint density at radius 1 is 1.73 bits per heavy atom. The highest BCUT2D eigenvalue weighted by molar-refractivity contribution is 8.13. The molecule has 88 valence electrons. The molecule has 0 radical (unpaired) electrons. The summed E-state index contributed by atoms with van der Waals surface area (Å²) in [6.07, 6.45) is 0. The third-order valence-corrected chi connectivity index (χ3v) is 2.83. The van der Waals surface area contributed by atoms with Gasteiger partial charge in [-0.25, -0.2) is 0 Å². The lowest BCUT2D eigenvalue weighted by atomic mass is 10.3. The zero-order valence-corrected chi connectivity index (χ0v) is 10.2. The highest BCUT2D eigenvalue weighted by Gasteiger charge is 2.23. The van der Waals surface area contributed by atoms with E-state index in [1.165, 1.54) is 11.8 Å². The van der Waals surface area contributed by atoms with E-state index in [-0.39, 0.29) is 36.1 Å². The predicted octanol–water partition coefficient (Wildman–Crippen LogP) is 0.0404. The molecule has 0 aromatic carbocycles. The summed E-state index contributed by atoms with van der Waals surface area (Å²) in [5.41, 5.74) is 5.36. The quantitative estimate of drug-likeness (QED) is 0.742. The minimum Gasteiger partial charge on any atom is -0.351 e. The number of carbonyl (C=O) groups excluding carboxylic acids is 2. The van der Waals surface area contributed by atoms with E-state index in [1.54, 1.807) is 4.90 Å². The lowest BCUT2D eigenvalue weighted by Crippen LogP contribution is -2.43. The fourth-order valence-corrected chi connectivity index (χ4v) is 1.95. The third-order valence-electron chi connectivity index (χ3n) is 1.94. The van der Waals surface area contributed by atoms with Crippen molar-refractivity contribution in [1.82, 2.24) is 10.2 Å². The van der Waals surface area contributed by atoms with Crippen molar-refractivity contribution in [2.75, 3.05) is 25.4 Å². The molecular weight excluding hydrogens is 238 g/mol. The summed E-state index contributed by atoms with van der Waals surface area (Å²) < 4.78 is 0. The van der Waals surface area contributed by atoms with Gasteiger partial charge in [-0.2, -0.15) is 0 Å². The number of nitrogens with one attached hydrogen (secondary N) is 1. The molecule has 1 fully saturated rings. The van der Waals surface area contributed by atoms with Crippen LogP contribution in [-0.2, 0) is 4.79 Å². The maximum atomic E-state index is 11.3. The number of thioether (sulfide) groups is 1. The maximum Gasteiger partial charge on any atom is 0.282 e. The summed E-state index contributed by atoms with van der Waals surface area (Å²) >= 11 is 1.25. The highest BCUT2D eigenvalue weighted by atomic mass is 35.5. The average molecular weight is 254 g/mol. The first-order valence-corrected chi connectivity index (χ1v) is 5.53. The van der Waals surface area contributed by atoms with Gasteiger partial charge in [0.25, 0.3) is 5.24 Å². The first kappa shape index (κ1) is 14.5. The number of nitrogens with zero attached hydrogens (tertiary/aromatic N) is 1. The Kier molecular flexibility index (Phi) is 6.71. The molecule has 0 bridgehead atoms. The van der Waals surface area contributed by atoms with Gasteiger partial charge in [0.05, 0.1) is 0 Å². The number of carbonyl (C=O) groups is 2. The molecule has 1 aliphatic rings. The molecule has 0 aromatic heterocycles. The summed E-state index contributed by atoms with van der Waals surface area (Å²) in [5, 5.41) is 2.70. The van der Waals surface area contributed by atoms with Gasteiger partial charge in [-0.1, -0.05) is 11.8 Å². The van der Waals surface area contributed by atoms with Crippen LogP contribution in [0, 0.1) is 0 Å². The van der Waals surface area contributed by atoms with Gasteiger partial charge in [0.2, 0.25) is 5.91 Å². The van der Waals surface area contributed by atoms with Gasteiger partial charge in [-0.3, -0.25) is 9.59 Å². The van der Waals surface area contributed by atoms with Crippen molar-refractivity contribution in [1.29, 1.82) is 0 Å². The van der Waals surface area contributed by atoms with E-state index in [4.69, 9.17) is 5.73 Å². The summed E-state index contributed by atoms with van der Waals surface area (Å²) in [4.78, 5) is 24.0. The van der Waals surface area contributed by atoms with Crippen molar-refractivity contribution in [2.45, 2.75) is 13.0 Å². The lowest BCUT2D eigenvalue weighted by Gasteiger charge is -2.16. The van der Waals surface area contributed by atoms with Gasteiger partial charge in [-0.05, 0) is 6.92 Å². The van der Waals surface area contributed by atoms with Crippen molar-refractivity contribution in [3.8, 4) is 0 Å². The fourth-order valence-electron chi connectivity index (χ4n) is 1.12. The summed E-state index contributed by atoms with van der Waals surface area (Å²) in [7, 11) is 0. The number of amides is 2. The van der Waals surface area contributed by atoms with Crippen molar-refractivity contribution in [2.24, 2.45) is 5.73 Å². The van der Waals surface area contributed by atoms with Crippen LogP contribution in [0.4, 0.5) is 4.79 Å². The van der Waals surface area contributed by atoms with Gasteiger partial charge >= 0.3 is 0 Å². The molecule has 2 amide bonds. The van der Waals surface area contributed by atoms with Gasteiger partial charge in [0.1, 0.15) is 6.54 Å². The van der Waals surface area contributed by atoms with Crippen LogP contribution in [0.1, 0.15) is 6.92 Å². The largest absolute Gasteiger partial charge is 0.351 e. The van der Waals surface area contributed by atoms with Gasteiger partial charge < -0.3 is 16.0 Å². The molecule has 0 unspecified atom stereocenters. The second-order valence-corrected chi connectivity index (χ2v) is 4.29. The second-order valence-electron chi connectivity index (χ2n) is 3.24. The first-order chi connectivity index (χ1) is 6.63. The molecule has 1 atom stereocenters. The van der Waals surface area contributed by atoms with Gasteiger partial charge in [0.15, 0.2) is 0 Å². The fraction of sp³-hybridized carbons (Fsp3) is 0.750. The predicted molar refractivity (Wildman–Crippen MR) is 63.3 cm³/mol.